The minimum absolute atomic E-state index is 0.774. The maximum atomic E-state index is 6.10. The maximum Gasteiger partial charge on any atom is 0.128 e. The number of aromatic nitrogens is 1. The van der Waals surface area contributed by atoms with Crippen LogP contribution in [0.2, 0.25) is 0 Å². The Bertz CT molecular complexity index is 921. The average Bonchev–Trinajstić information content (AvgIpc) is 2.98. The van der Waals surface area contributed by atoms with Gasteiger partial charge in [0.05, 0.1) is 7.11 Å². The van der Waals surface area contributed by atoms with Crippen molar-refractivity contribution in [1.29, 1.82) is 0 Å². The van der Waals surface area contributed by atoms with Crippen LogP contribution < -0.4 is 9.47 Å². The van der Waals surface area contributed by atoms with E-state index in [9.17, 15) is 0 Å². The van der Waals surface area contributed by atoms with Crippen molar-refractivity contribution in [1.82, 2.24) is 4.57 Å². The fourth-order valence-corrected chi connectivity index (χ4v) is 4.68. The van der Waals surface area contributed by atoms with Crippen molar-refractivity contribution in [2.75, 3.05) is 7.11 Å². The van der Waals surface area contributed by atoms with Gasteiger partial charge in [-0.1, -0.05) is 0 Å². The van der Waals surface area contributed by atoms with E-state index in [0.717, 1.165) is 23.2 Å². The third kappa shape index (κ3) is 2.41. The lowest BCUT2D eigenvalue weighted by atomic mass is 9.82. The molecule has 0 saturated carbocycles. The molecule has 1 unspecified atom stereocenters. The van der Waals surface area contributed by atoms with Gasteiger partial charge in [0.15, 0.2) is 0 Å². The minimum Gasteiger partial charge on any atom is -0.497 e. The highest BCUT2D eigenvalue weighted by atomic mass is 16.5. The van der Waals surface area contributed by atoms with Gasteiger partial charge in [-0.3, -0.25) is 0 Å². The molecule has 2 heterocycles. The van der Waals surface area contributed by atoms with Crippen LogP contribution in [0.5, 0.6) is 17.2 Å². The molecule has 2 aromatic carbocycles. The Balaban J connectivity index is 1.55. The molecule has 0 spiro atoms. The normalized spacial score (nSPS) is 18.8. The van der Waals surface area contributed by atoms with Crippen LogP contribution in [0.1, 0.15) is 42.9 Å². The van der Waals surface area contributed by atoms with Crippen molar-refractivity contribution in [3.8, 4) is 17.2 Å². The molecule has 1 atom stereocenters. The molecule has 0 radical (unpaired) electrons. The van der Waals surface area contributed by atoms with Gasteiger partial charge in [0.1, 0.15) is 17.2 Å². The Labute approximate surface area is 148 Å². The van der Waals surface area contributed by atoms with Crippen LogP contribution in [0.15, 0.2) is 42.5 Å². The first-order valence-corrected chi connectivity index (χ1v) is 9.30. The molecule has 5 rings (SSSR count). The molecule has 3 aromatic rings. The number of hydrogen-bond acceptors (Lipinski definition) is 2. The molecule has 0 N–H and O–H groups in total. The number of methoxy groups -OCH3 is 1. The Morgan fingerprint density at radius 1 is 0.920 bits per heavy atom. The molecule has 25 heavy (non-hydrogen) atoms. The van der Waals surface area contributed by atoms with Gasteiger partial charge in [-0.2, -0.15) is 0 Å². The number of ether oxygens (including phenoxy) is 2. The van der Waals surface area contributed by atoms with E-state index in [1.807, 2.05) is 24.3 Å². The molecule has 1 aromatic heterocycles. The highest BCUT2D eigenvalue weighted by Crippen LogP contribution is 2.44. The molecule has 0 saturated heterocycles. The molecular weight excluding hydrogens is 310 g/mol. The molecule has 0 bridgehead atoms. The largest absolute Gasteiger partial charge is 0.497 e. The average molecular weight is 333 g/mol. The van der Waals surface area contributed by atoms with Gasteiger partial charge < -0.3 is 14.0 Å². The Morgan fingerprint density at radius 3 is 2.52 bits per heavy atom. The van der Waals surface area contributed by atoms with E-state index in [-0.39, 0.29) is 0 Å². The molecule has 3 nitrogen and oxygen atoms in total. The third-order valence-electron chi connectivity index (χ3n) is 5.78. The summed E-state index contributed by atoms with van der Waals surface area (Å²) < 4.78 is 13.9. The molecular formula is C22H23NO2. The van der Waals surface area contributed by atoms with E-state index in [1.54, 1.807) is 18.4 Å². The lowest BCUT2D eigenvalue weighted by Crippen LogP contribution is -2.19. The summed E-state index contributed by atoms with van der Waals surface area (Å²) in [5, 5.41) is 1.40. The topological polar surface area (TPSA) is 23.4 Å². The highest BCUT2D eigenvalue weighted by molar-refractivity contribution is 5.87. The smallest absolute Gasteiger partial charge is 0.128 e. The molecule has 0 amide bonds. The first-order chi connectivity index (χ1) is 12.3. The van der Waals surface area contributed by atoms with Crippen LogP contribution in [-0.4, -0.2) is 11.7 Å². The number of aryl methyl sites for hydroxylation is 2. The standard InChI is InChI=1S/C22H23NO2/c1-24-16-7-9-17(10-8-16)25-18-11-12-21-20(14-18)19-6-2-4-15-5-3-13-23(21)22(15)19/h7-12,14-15H,2-6,13H2,1H3. The number of benzene rings is 2. The Kier molecular flexibility index (Phi) is 3.47. The summed E-state index contributed by atoms with van der Waals surface area (Å²) in [6.07, 6.45) is 6.56. The second-order valence-electron chi connectivity index (χ2n) is 7.20. The number of nitrogens with zero attached hydrogens (tertiary/aromatic N) is 1. The van der Waals surface area contributed by atoms with E-state index in [4.69, 9.17) is 9.47 Å². The first kappa shape index (κ1) is 14.9. The minimum atomic E-state index is 0.774. The lowest BCUT2D eigenvalue weighted by molar-refractivity contribution is 0.413. The van der Waals surface area contributed by atoms with Crippen LogP contribution in [0, 0.1) is 0 Å². The SMILES string of the molecule is COc1ccc(Oc2ccc3c(c2)c2c4n3CCCC4CCC2)cc1. The lowest BCUT2D eigenvalue weighted by Gasteiger charge is -2.29. The van der Waals surface area contributed by atoms with Gasteiger partial charge in [-0.15, -0.1) is 0 Å². The van der Waals surface area contributed by atoms with Crippen molar-refractivity contribution in [2.45, 2.75) is 44.6 Å². The quantitative estimate of drug-likeness (QED) is 0.618. The summed E-state index contributed by atoms with van der Waals surface area (Å²) in [6, 6.07) is 14.4. The van der Waals surface area contributed by atoms with Gasteiger partial charge >= 0.3 is 0 Å². The van der Waals surface area contributed by atoms with Gasteiger partial charge in [-0.05, 0) is 86.1 Å². The molecule has 2 aliphatic rings. The summed E-state index contributed by atoms with van der Waals surface area (Å²) in [7, 11) is 1.68. The molecule has 3 heteroatoms. The summed E-state index contributed by atoms with van der Waals surface area (Å²) in [6.45, 7) is 1.17. The van der Waals surface area contributed by atoms with E-state index >= 15 is 0 Å². The fraction of sp³-hybridized carbons (Fsp3) is 0.364. The predicted molar refractivity (Wildman–Crippen MR) is 99.9 cm³/mol. The predicted octanol–water partition coefficient (Wildman–Crippen LogP) is 5.66. The van der Waals surface area contributed by atoms with Crippen molar-refractivity contribution in [3.05, 3.63) is 53.7 Å². The molecule has 128 valence electrons. The van der Waals surface area contributed by atoms with Crippen LogP contribution in [0.3, 0.4) is 0 Å². The van der Waals surface area contributed by atoms with Crippen molar-refractivity contribution >= 4 is 10.9 Å². The Hall–Kier alpha value is -2.42. The zero-order valence-electron chi connectivity index (χ0n) is 14.6. The van der Waals surface area contributed by atoms with Gasteiger partial charge in [0.2, 0.25) is 0 Å². The monoisotopic (exact) mass is 333 g/mol. The third-order valence-corrected chi connectivity index (χ3v) is 5.78. The Morgan fingerprint density at radius 2 is 1.68 bits per heavy atom. The first-order valence-electron chi connectivity index (χ1n) is 9.30. The van der Waals surface area contributed by atoms with Crippen LogP contribution in [-0.2, 0) is 13.0 Å². The summed E-state index contributed by atoms with van der Waals surface area (Å²) >= 11 is 0. The zero-order chi connectivity index (χ0) is 16.8. The number of rotatable bonds is 3. The summed E-state index contributed by atoms with van der Waals surface area (Å²) in [5.74, 6) is 3.38. The van der Waals surface area contributed by atoms with Crippen molar-refractivity contribution in [2.24, 2.45) is 0 Å². The zero-order valence-corrected chi connectivity index (χ0v) is 14.6. The fourth-order valence-electron chi connectivity index (χ4n) is 4.68. The van der Waals surface area contributed by atoms with E-state index in [1.165, 1.54) is 49.6 Å². The van der Waals surface area contributed by atoms with E-state index in [0.29, 0.717) is 0 Å². The van der Waals surface area contributed by atoms with Crippen LogP contribution >= 0.6 is 0 Å². The van der Waals surface area contributed by atoms with Crippen molar-refractivity contribution in [3.63, 3.8) is 0 Å². The second-order valence-corrected chi connectivity index (χ2v) is 7.20. The van der Waals surface area contributed by atoms with E-state index < -0.39 is 0 Å². The second kappa shape index (κ2) is 5.83. The molecule has 0 fully saturated rings. The van der Waals surface area contributed by atoms with Gasteiger partial charge in [0.25, 0.3) is 0 Å². The van der Waals surface area contributed by atoms with E-state index in [2.05, 4.69) is 22.8 Å². The highest BCUT2D eigenvalue weighted by Gasteiger charge is 2.30. The van der Waals surface area contributed by atoms with Crippen LogP contribution in [0.4, 0.5) is 0 Å². The summed E-state index contributed by atoms with van der Waals surface area (Å²) in [4.78, 5) is 0. The molecule has 1 aliphatic carbocycles. The summed E-state index contributed by atoms with van der Waals surface area (Å²) in [5.41, 5.74) is 4.58. The maximum absolute atomic E-state index is 6.10. The molecule has 1 aliphatic heterocycles. The van der Waals surface area contributed by atoms with Gasteiger partial charge in [-0.25, -0.2) is 0 Å². The number of hydrogen-bond donors (Lipinski definition) is 0. The number of fused-ring (bicyclic) bond motifs is 3. The van der Waals surface area contributed by atoms with Crippen molar-refractivity contribution < 1.29 is 9.47 Å². The van der Waals surface area contributed by atoms with Crippen LogP contribution in [0.25, 0.3) is 10.9 Å². The van der Waals surface area contributed by atoms with Gasteiger partial charge in [0, 0.05) is 23.1 Å².